The molecule has 1 aliphatic heterocycles. The quantitative estimate of drug-likeness (QED) is 0.797. The van der Waals surface area contributed by atoms with Gasteiger partial charge in [0.05, 0.1) is 6.61 Å². The molecule has 5 atom stereocenters. The van der Waals surface area contributed by atoms with Crippen LogP contribution in [0.15, 0.2) is 0 Å². The van der Waals surface area contributed by atoms with Gasteiger partial charge >= 0.3 is 0 Å². The molecule has 2 aliphatic rings. The summed E-state index contributed by atoms with van der Waals surface area (Å²) in [6.07, 6.45) is 4.16. The summed E-state index contributed by atoms with van der Waals surface area (Å²) < 4.78 is 5.37. The lowest BCUT2D eigenvalue weighted by Crippen LogP contribution is -2.48. The maximum Gasteiger partial charge on any atom is 0.223 e. The second-order valence-electron chi connectivity index (χ2n) is 5.98. The van der Waals surface area contributed by atoms with Gasteiger partial charge in [-0.15, -0.1) is 0 Å². The number of carbonyl (C=O) groups is 1. The van der Waals surface area contributed by atoms with Crippen molar-refractivity contribution in [2.24, 2.45) is 23.5 Å². The largest absolute Gasteiger partial charge is 0.381 e. The zero-order valence-electron chi connectivity index (χ0n) is 11.5. The van der Waals surface area contributed by atoms with Gasteiger partial charge in [-0.25, -0.2) is 0 Å². The van der Waals surface area contributed by atoms with Crippen LogP contribution in [0.5, 0.6) is 0 Å². The highest BCUT2D eigenvalue weighted by molar-refractivity contribution is 5.79. The van der Waals surface area contributed by atoms with Crippen molar-refractivity contribution in [2.75, 3.05) is 13.2 Å². The van der Waals surface area contributed by atoms with Gasteiger partial charge in [-0.3, -0.25) is 4.79 Å². The van der Waals surface area contributed by atoms with E-state index in [0.717, 1.165) is 38.9 Å². The van der Waals surface area contributed by atoms with Gasteiger partial charge in [0, 0.05) is 30.5 Å². The van der Waals surface area contributed by atoms with Crippen LogP contribution >= 0.6 is 0 Å². The van der Waals surface area contributed by atoms with Gasteiger partial charge in [-0.2, -0.15) is 0 Å². The highest BCUT2D eigenvalue weighted by Crippen LogP contribution is 2.29. The molecule has 0 aromatic rings. The van der Waals surface area contributed by atoms with E-state index in [2.05, 4.69) is 19.2 Å². The molecular weight excluding hydrogens is 228 g/mol. The zero-order chi connectivity index (χ0) is 13.1. The first kappa shape index (κ1) is 13.8. The predicted octanol–water partition coefficient (Wildman–Crippen LogP) is 1.29. The van der Waals surface area contributed by atoms with Crippen LogP contribution in [0.2, 0.25) is 0 Å². The first-order chi connectivity index (χ1) is 8.59. The van der Waals surface area contributed by atoms with Gasteiger partial charge in [-0.05, 0) is 32.1 Å². The summed E-state index contributed by atoms with van der Waals surface area (Å²) in [4.78, 5) is 12.3. The van der Waals surface area contributed by atoms with E-state index in [-0.39, 0.29) is 23.9 Å². The monoisotopic (exact) mass is 254 g/mol. The highest BCUT2D eigenvalue weighted by atomic mass is 16.5. The van der Waals surface area contributed by atoms with Gasteiger partial charge in [0.2, 0.25) is 5.91 Å². The van der Waals surface area contributed by atoms with Gasteiger partial charge in [0.25, 0.3) is 0 Å². The maximum absolute atomic E-state index is 12.3. The van der Waals surface area contributed by atoms with Crippen molar-refractivity contribution in [1.29, 1.82) is 0 Å². The molecular formula is C14H26N2O2. The summed E-state index contributed by atoms with van der Waals surface area (Å²) >= 11 is 0. The van der Waals surface area contributed by atoms with Crippen molar-refractivity contribution in [1.82, 2.24) is 5.32 Å². The molecule has 4 heteroatoms. The van der Waals surface area contributed by atoms with E-state index in [9.17, 15) is 4.79 Å². The third kappa shape index (κ3) is 3.04. The molecule has 3 N–H and O–H groups in total. The predicted molar refractivity (Wildman–Crippen MR) is 71.0 cm³/mol. The fourth-order valence-corrected chi connectivity index (χ4v) is 3.16. The minimum atomic E-state index is 0.0959. The SMILES string of the molecule is CC(NC(=O)C1CCCC(N)C1C)C1CCOC1. The molecule has 0 spiro atoms. The Balaban J connectivity index is 1.86. The Hall–Kier alpha value is -0.610. The van der Waals surface area contributed by atoms with E-state index in [1.807, 2.05) is 0 Å². The van der Waals surface area contributed by atoms with E-state index in [1.165, 1.54) is 0 Å². The molecule has 0 bridgehead atoms. The van der Waals surface area contributed by atoms with E-state index in [1.54, 1.807) is 0 Å². The van der Waals surface area contributed by atoms with Crippen LogP contribution in [0.1, 0.15) is 39.5 Å². The third-order valence-electron chi connectivity index (χ3n) is 4.74. The first-order valence-electron chi connectivity index (χ1n) is 7.23. The van der Waals surface area contributed by atoms with Crippen LogP contribution in [0.25, 0.3) is 0 Å². The first-order valence-corrected chi connectivity index (χ1v) is 7.23. The molecule has 0 aromatic carbocycles. The third-order valence-corrected chi connectivity index (χ3v) is 4.74. The van der Waals surface area contributed by atoms with Crippen molar-refractivity contribution < 1.29 is 9.53 Å². The van der Waals surface area contributed by atoms with Crippen LogP contribution in [0.4, 0.5) is 0 Å². The normalized spacial score (nSPS) is 38.4. The molecule has 18 heavy (non-hydrogen) atoms. The molecule has 4 nitrogen and oxygen atoms in total. The summed E-state index contributed by atoms with van der Waals surface area (Å²) in [5, 5.41) is 3.17. The molecule has 1 saturated heterocycles. The van der Waals surface area contributed by atoms with E-state index in [4.69, 9.17) is 10.5 Å². The average molecular weight is 254 g/mol. The number of hydrogen-bond donors (Lipinski definition) is 2. The highest BCUT2D eigenvalue weighted by Gasteiger charge is 2.34. The van der Waals surface area contributed by atoms with Crippen LogP contribution in [0, 0.1) is 17.8 Å². The summed E-state index contributed by atoms with van der Waals surface area (Å²) in [6.45, 7) is 5.80. The van der Waals surface area contributed by atoms with Crippen molar-refractivity contribution >= 4 is 5.91 Å². The van der Waals surface area contributed by atoms with Crippen LogP contribution in [-0.4, -0.2) is 31.2 Å². The summed E-state index contributed by atoms with van der Waals surface area (Å²) in [6, 6.07) is 0.393. The standard InChI is InChI=1S/C14H26N2O2/c1-9-12(4-3-5-13(9)15)14(17)16-10(2)11-6-7-18-8-11/h9-13H,3-8,15H2,1-2H3,(H,16,17). The summed E-state index contributed by atoms with van der Waals surface area (Å²) in [5.74, 6) is 1.06. The Labute approximate surface area is 110 Å². The zero-order valence-corrected chi connectivity index (χ0v) is 11.5. The molecule has 1 amide bonds. The number of amides is 1. The lowest BCUT2D eigenvalue weighted by molar-refractivity contribution is -0.128. The summed E-state index contributed by atoms with van der Waals surface area (Å²) in [7, 11) is 0. The van der Waals surface area contributed by atoms with E-state index < -0.39 is 0 Å². The minimum Gasteiger partial charge on any atom is -0.381 e. The lowest BCUT2D eigenvalue weighted by Gasteiger charge is -2.34. The molecule has 1 aliphatic carbocycles. The van der Waals surface area contributed by atoms with Gasteiger partial charge in [0.15, 0.2) is 0 Å². The number of nitrogens with two attached hydrogens (primary N) is 1. The van der Waals surface area contributed by atoms with Crippen molar-refractivity contribution in [3.63, 3.8) is 0 Å². The Kier molecular flexibility index (Phi) is 4.62. The molecule has 5 unspecified atom stereocenters. The average Bonchev–Trinajstić information content (AvgIpc) is 2.86. The Morgan fingerprint density at radius 3 is 2.83 bits per heavy atom. The molecule has 104 valence electrons. The molecule has 2 fully saturated rings. The second kappa shape index (κ2) is 6.02. The molecule has 0 aromatic heterocycles. The summed E-state index contributed by atoms with van der Waals surface area (Å²) in [5.41, 5.74) is 6.06. The van der Waals surface area contributed by atoms with Gasteiger partial charge < -0.3 is 15.8 Å². The Morgan fingerprint density at radius 2 is 2.17 bits per heavy atom. The van der Waals surface area contributed by atoms with Gasteiger partial charge in [0.1, 0.15) is 0 Å². The molecule has 0 radical (unpaired) electrons. The van der Waals surface area contributed by atoms with Crippen molar-refractivity contribution in [2.45, 2.75) is 51.6 Å². The van der Waals surface area contributed by atoms with Crippen LogP contribution in [0.3, 0.4) is 0 Å². The topological polar surface area (TPSA) is 64.4 Å². The number of nitrogens with one attached hydrogen (secondary N) is 1. The van der Waals surface area contributed by atoms with Crippen molar-refractivity contribution in [3.05, 3.63) is 0 Å². The van der Waals surface area contributed by atoms with Crippen molar-refractivity contribution in [3.8, 4) is 0 Å². The Morgan fingerprint density at radius 1 is 1.39 bits per heavy atom. The number of carbonyl (C=O) groups excluding carboxylic acids is 1. The van der Waals surface area contributed by atoms with Gasteiger partial charge in [-0.1, -0.05) is 13.3 Å². The number of hydrogen-bond acceptors (Lipinski definition) is 3. The lowest BCUT2D eigenvalue weighted by atomic mass is 9.76. The molecule has 2 rings (SSSR count). The second-order valence-corrected chi connectivity index (χ2v) is 5.98. The van der Waals surface area contributed by atoms with Crippen LogP contribution in [-0.2, 0) is 9.53 Å². The number of ether oxygens (including phenoxy) is 1. The maximum atomic E-state index is 12.3. The van der Waals surface area contributed by atoms with E-state index in [0.29, 0.717) is 11.8 Å². The van der Waals surface area contributed by atoms with E-state index >= 15 is 0 Å². The Bertz CT molecular complexity index is 290. The molecule has 1 heterocycles. The fraction of sp³-hybridized carbons (Fsp3) is 0.929. The number of rotatable bonds is 3. The molecule has 1 saturated carbocycles. The fourth-order valence-electron chi connectivity index (χ4n) is 3.16. The minimum absolute atomic E-state index is 0.0959. The van der Waals surface area contributed by atoms with Crippen LogP contribution < -0.4 is 11.1 Å². The smallest absolute Gasteiger partial charge is 0.223 e.